The third kappa shape index (κ3) is 4.87. The molecule has 1 aliphatic heterocycles. The molecule has 1 aliphatic rings. The van der Waals surface area contributed by atoms with Crippen molar-refractivity contribution in [1.29, 1.82) is 0 Å². The van der Waals surface area contributed by atoms with E-state index in [-0.39, 0.29) is 0 Å². The van der Waals surface area contributed by atoms with Gasteiger partial charge in [-0.05, 0) is 31.4 Å². The topological polar surface area (TPSA) is 12.5 Å². The Balaban J connectivity index is 1.87. The van der Waals surface area contributed by atoms with Crippen LogP contribution in [0, 0.1) is 0 Å². The maximum Gasteiger partial charge on any atom is 0.0702 e. The van der Waals surface area contributed by atoms with Crippen LogP contribution < -0.4 is 0 Å². The van der Waals surface area contributed by atoms with Gasteiger partial charge in [0.05, 0.1) is 6.10 Å². The van der Waals surface area contributed by atoms with Crippen LogP contribution in [0.4, 0.5) is 0 Å². The zero-order chi connectivity index (χ0) is 14.2. The van der Waals surface area contributed by atoms with E-state index in [1.54, 1.807) is 0 Å². The van der Waals surface area contributed by atoms with Crippen molar-refractivity contribution in [3.8, 4) is 0 Å². The van der Waals surface area contributed by atoms with Gasteiger partial charge in [-0.1, -0.05) is 53.2 Å². The zero-order valence-electron chi connectivity index (χ0n) is 12.4. The highest BCUT2D eigenvalue weighted by Crippen LogP contribution is 2.22. The van der Waals surface area contributed by atoms with Crippen LogP contribution in [-0.4, -0.2) is 42.6 Å². The van der Waals surface area contributed by atoms with Crippen LogP contribution in [-0.2, 0) is 4.74 Å². The normalized spacial score (nSPS) is 21.8. The quantitative estimate of drug-likeness (QED) is 0.694. The molecule has 20 heavy (non-hydrogen) atoms. The Kier molecular flexibility index (Phi) is 7.05. The van der Waals surface area contributed by atoms with E-state index in [0.29, 0.717) is 12.0 Å². The summed E-state index contributed by atoms with van der Waals surface area (Å²) in [6.07, 6.45) is 4.04. The summed E-state index contributed by atoms with van der Waals surface area (Å²) >= 11 is 3.68. The molecular formula is C17H26BrNO. The number of nitrogens with zero attached hydrogens (tertiary/aromatic N) is 1. The van der Waals surface area contributed by atoms with Crippen molar-refractivity contribution in [1.82, 2.24) is 4.90 Å². The number of alkyl halides is 1. The fraction of sp³-hybridized carbons (Fsp3) is 0.647. The first-order valence-corrected chi connectivity index (χ1v) is 8.90. The molecule has 1 aromatic rings. The fourth-order valence-electron chi connectivity index (χ4n) is 2.88. The lowest BCUT2D eigenvalue weighted by Crippen LogP contribution is -2.42. The highest BCUT2D eigenvalue weighted by atomic mass is 79.9. The number of hydrogen-bond donors (Lipinski definition) is 0. The van der Waals surface area contributed by atoms with Crippen LogP contribution in [0.5, 0.6) is 0 Å². The van der Waals surface area contributed by atoms with Crippen molar-refractivity contribution in [3.63, 3.8) is 0 Å². The van der Waals surface area contributed by atoms with Crippen molar-refractivity contribution < 1.29 is 4.74 Å². The van der Waals surface area contributed by atoms with Gasteiger partial charge in [-0.15, -0.1) is 0 Å². The summed E-state index contributed by atoms with van der Waals surface area (Å²) in [6, 6.07) is 10.8. The highest BCUT2D eigenvalue weighted by molar-refractivity contribution is 9.09. The molecule has 1 heterocycles. The molecule has 3 heteroatoms. The lowest BCUT2D eigenvalue weighted by molar-refractivity contribution is -0.00101. The smallest absolute Gasteiger partial charge is 0.0702 e. The molecule has 2 atom stereocenters. The Morgan fingerprint density at radius 1 is 1.35 bits per heavy atom. The van der Waals surface area contributed by atoms with E-state index in [2.05, 4.69) is 58.1 Å². The van der Waals surface area contributed by atoms with E-state index in [4.69, 9.17) is 4.74 Å². The molecule has 1 saturated heterocycles. The predicted molar refractivity (Wildman–Crippen MR) is 88.7 cm³/mol. The minimum atomic E-state index is 0.440. The van der Waals surface area contributed by atoms with E-state index in [0.717, 1.165) is 31.4 Å². The van der Waals surface area contributed by atoms with E-state index >= 15 is 0 Å². The lowest BCUT2D eigenvalue weighted by Gasteiger charge is -2.34. The van der Waals surface area contributed by atoms with E-state index < -0.39 is 0 Å². The van der Waals surface area contributed by atoms with Crippen molar-refractivity contribution >= 4 is 15.9 Å². The third-order valence-electron chi connectivity index (χ3n) is 3.96. The minimum absolute atomic E-state index is 0.440. The molecule has 1 aromatic carbocycles. The Bertz CT molecular complexity index is 371. The molecule has 1 fully saturated rings. The summed E-state index contributed by atoms with van der Waals surface area (Å²) in [4.78, 5) is 2.57. The Morgan fingerprint density at radius 2 is 2.15 bits per heavy atom. The van der Waals surface area contributed by atoms with Gasteiger partial charge in [0.25, 0.3) is 0 Å². The van der Waals surface area contributed by atoms with E-state index in [1.165, 1.54) is 24.9 Å². The van der Waals surface area contributed by atoms with Crippen LogP contribution in [0.2, 0.25) is 0 Å². The summed E-state index contributed by atoms with van der Waals surface area (Å²) in [5.41, 5.74) is 1.43. The third-order valence-corrected chi connectivity index (χ3v) is 4.74. The van der Waals surface area contributed by atoms with Crippen LogP contribution in [0.15, 0.2) is 30.3 Å². The number of likely N-dealkylation sites (tertiary alicyclic amines) is 1. The first-order valence-electron chi connectivity index (χ1n) is 7.78. The van der Waals surface area contributed by atoms with Gasteiger partial charge in [-0.25, -0.2) is 0 Å². The largest absolute Gasteiger partial charge is 0.377 e. The molecule has 2 rings (SSSR count). The molecule has 0 aromatic heterocycles. The Morgan fingerprint density at radius 3 is 2.85 bits per heavy atom. The number of hydrogen-bond acceptors (Lipinski definition) is 2. The molecule has 0 saturated carbocycles. The standard InChI is InChI=1S/C17H26BrNO/c1-2-11-20-17-9-6-10-19(14-17)13-16(12-18)15-7-4-3-5-8-15/h3-5,7-8,16-17H,2,6,9-14H2,1H3. The Labute approximate surface area is 131 Å². The molecular weight excluding hydrogens is 314 g/mol. The maximum absolute atomic E-state index is 5.93. The van der Waals surface area contributed by atoms with Gasteiger partial charge in [0, 0.05) is 30.9 Å². The molecule has 0 aliphatic carbocycles. The van der Waals surface area contributed by atoms with E-state index in [9.17, 15) is 0 Å². The van der Waals surface area contributed by atoms with Crippen LogP contribution in [0.25, 0.3) is 0 Å². The molecule has 0 N–H and O–H groups in total. The molecule has 0 bridgehead atoms. The monoisotopic (exact) mass is 339 g/mol. The predicted octanol–water partition coefficient (Wildman–Crippen LogP) is 4.06. The van der Waals surface area contributed by atoms with E-state index in [1.807, 2.05) is 0 Å². The van der Waals surface area contributed by atoms with Crippen LogP contribution >= 0.6 is 15.9 Å². The average molecular weight is 340 g/mol. The molecule has 0 amide bonds. The number of halogens is 1. The van der Waals surface area contributed by atoms with Crippen molar-refractivity contribution in [3.05, 3.63) is 35.9 Å². The van der Waals surface area contributed by atoms with Crippen molar-refractivity contribution in [2.75, 3.05) is 31.6 Å². The SMILES string of the molecule is CCCOC1CCCN(CC(CBr)c2ccccc2)C1. The first kappa shape index (κ1) is 16.0. The summed E-state index contributed by atoms with van der Waals surface area (Å²) in [5, 5.41) is 1.02. The second kappa shape index (κ2) is 8.81. The average Bonchev–Trinajstić information content (AvgIpc) is 2.52. The van der Waals surface area contributed by atoms with Gasteiger partial charge in [0.15, 0.2) is 0 Å². The Hall–Kier alpha value is -0.380. The van der Waals surface area contributed by atoms with Crippen molar-refractivity contribution in [2.45, 2.75) is 38.2 Å². The van der Waals surface area contributed by atoms with Gasteiger partial charge in [-0.2, -0.15) is 0 Å². The van der Waals surface area contributed by atoms with Gasteiger partial charge in [-0.3, -0.25) is 0 Å². The van der Waals surface area contributed by atoms with Gasteiger partial charge >= 0.3 is 0 Å². The number of ether oxygens (including phenoxy) is 1. The first-order chi connectivity index (χ1) is 9.83. The highest BCUT2D eigenvalue weighted by Gasteiger charge is 2.23. The second-order valence-corrected chi connectivity index (χ2v) is 6.30. The molecule has 0 radical (unpaired) electrons. The molecule has 2 unspecified atom stereocenters. The fourth-order valence-corrected chi connectivity index (χ4v) is 3.46. The minimum Gasteiger partial charge on any atom is -0.377 e. The summed E-state index contributed by atoms with van der Waals surface area (Å²) in [5.74, 6) is 0.570. The van der Waals surface area contributed by atoms with Crippen LogP contribution in [0.3, 0.4) is 0 Å². The molecule has 2 nitrogen and oxygen atoms in total. The second-order valence-electron chi connectivity index (χ2n) is 5.66. The van der Waals surface area contributed by atoms with Gasteiger partial charge in [0.1, 0.15) is 0 Å². The summed E-state index contributed by atoms with van der Waals surface area (Å²) < 4.78 is 5.93. The molecule has 0 spiro atoms. The van der Waals surface area contributed by atoms with Crippen molar-refractivity contribution in [2.24, 2.45) is 0 Å². The summed E-state index contributed by atoms with van der Waals surface area (Å²) in [6.45, 7) is 6.51. The lowest BCUT2D eigenvalue weighted by atomic mass is 9.99. The van der Waals surface area contributed by atoms with Crippen LogP contribution in [0.1, 0.15) is 37.7 Å². The summed E-state index contributed by atoms with van der Waals surface area (Å²) in [7, 11) is 0. The zero-order valence-corrected chi connectivity index (χ0v) is 14.0. The maximum atomic E-state index is 5.93. The number of rotatable bonds is 7. The van der Waals surface area contributed by atoms with Gasteiger partial charge < -0.3 is 9.64 Å². The molecule has 112 valence electrons. The number of benzene rings is 1. The number of piperidine rings is 1. The van der Waals surface area contributed by atoms with Gasteiger partial charge in [0.2, 0.25) is 0 Å².